The molecule has 1 unspecified atom stereocenters. The van der Waals surface area contributed by atoms with E-state index < -0.39 is 11.9 Å². The summed E-state index contributed by atoms with van der Waals surface area (Å²) >= 11 is 0. The molecule has 0 rings (SSSR count). The lowest BCUT2D eigenvalue weighted by atomic mass is 10.3. The van der Waals surface area contributed by atoms with Crippen LogP contribution in [0, 0.1) is 0 Å². The van der Waals surface area contributed by atoms with E-state index in [2.05, 4.69) is 5.32 Å². The lowest BCUT2D eigenvalue weighted by Gasteiger charge is -2.05. The molecule has 1 atom stereocenters. The number of nitrogens with two attached hydrogens (primary N) is 1. The van der Waals surface area contributed by atoms with Crippen LogP contribution in [0.2, 0.25) is 0 Å². The first-order chi connectivity index (χ1) is 4.04. The van der Waals surface area contributed by atoms with E-state index in [1.165, 1.54) is 13.8 Å². The zero-order valence-electron chi connectivity index (χ0n) is 5.47. The number of rotatable bonds is 2. The first kappa shape index (κ1) is 7.94. The first-order valence-corrected chi connectivity index (χ1v) is 2.60. The van der Waals surface area contributed by atoms with Gasteiger partial charge in [-0.1, -0.05) is 0 Å². The van der Waals surface area contributed by atoms with Gasteiger partial charge in [0.2, 0.25) is 11.8 Å². The molecule has 0 saturated carbocycles. The maximum absolute atomic E-state index is 10.2. The van der Waals surface area contributed by atoms with Crippen molar-refractivity contribution in [1.82, 2.24) is 5.32 Å². The molecular weight excluding hydrogens is 120 g/mol. The van der Waals surface area contributed by atoms with Gasteiger partial charge in [-0.2, -0.15) is 0 Å². The van der Waals surface area contributed by atoms with Crippen LogP contribution in [0.5, 0.6) is 0 Å². The molecule has 0 aromatic heterocycles. The van der Waals surface area contributed by atoms with E-state index in [-0.39, 0.29) is 5.91 Å². The van der Waals surface area contributed by atoms with Crippen molar-refractivity contribution in [2.24, 2.45) is 5.73 Å². The Bertz CT molecular complexity index is 133. The van der Waals surface area contributed by atoms with Crippen molar-refractivity contribution in [1.29, 1.82) is 0 Å². The average Bonchev–Trinajstić information content (AvgIpc) is 1.63. The van der Waals surface area contributed by atoms with E-state index >= 15 is 0 Å². The lowest BCUT2D eigenvalue weighted by Crippen LogP contribution is -2.41. The number of primary amides is 1. The molecule has 0 radical (unpaired) electrons. The molecule has 0 spiro atoms. The van der Waals surface area contributed by atoms with E-state index in [0.717, 1.165) is 0 Å². The van der Waals surface area contributed by atoms with Crippen molar-refractivity contribution in [3.8, 4) is 0 Å². The van der Waals surface area contributed by atoms with E-state index in [9.17, 15) is 9.59 Å². The lowest BCUT2D eigenvalue weighted by molar-refractivity contribution is -0.125. The quantitative estimate of drug-likeness (QED) is 0.503. The molecule has 3 N–H and O–H groups in total. The minimum absolute atomic E-state index is 0.249. The highest BCUT2D eigenvalue weighted by molar-refractivity contribution is 5.85. The van der Waals surface area contributed by atoms with Gasteiger partial charge in [-0.15, -0.1) is 0 Å². The Balaban J connectivity index is 3.63. The Morgan fingerprint density at radius 2 is 2.00 bits per heavy atom. The zero-order chi connectivity index (χ0) is 7.44. The molecular formula is C5H10N2O2. The molecule has 2 amide bonds. The summed E-state index contributed by atoms with van der Waals surface area (Å²) in [5.41, 5.74) is 4.83. The second kappa shape index (κ2) is 3.06. The number of hydrogen-bond acceptors (Lipinski definition) is 2. The molecule has 52 valence electrons. The molecule has 0 aliphatic heterocycles. The van der Waals surface area contributed by atoms with Crippen LogP contribution < -0.4 is 11.1 Å². The van der Waals surface area contributed by atoms with Gasteiger partial charge in [0.15, 0.2) is 0 Å². The van der Waals surface area contributed by atoms with Gasteiger partial charge in [0.1, 0.15) is 6.04 Å². The van der Waals surface area contributed by atoms with Crippen LogP contribution in [0.1, 0.15) is 13.8 Å². The third kappa shape index (κ3) is 3.52. The molecule has 4 nitrogen and oxygen atoms in total. The Morgan fingerprint density at radius 3 is 2.11 bits per heavy atom. The molecule has 0 saturated heterocycles. The minimum Gasteiger partial charge on any atom is -0.368 e. The maximum Gasteiger partial charge on any atom is 0.239 e. The molecule has 0 fully saturated rings. The molecule has 9 heavy (non-hydrogen) atoms. The fourth-order valence-corrected chi connectivity index (χ4v) is 0.376. The summed E-state index contributed by atoms with van der Waals surface area (Å²) in [6.45, 7) is 2.86. The zero-order valence-corrected chi connectivity index (χ0v) is 5.47. The second-order valence-corrected chi connectivity index (χ2v) is 1.82. The van der Waals surface area contributed by atoms with Crippen molar-refractivity contribution in [3.05, 3.63) is 0 Å². The van der Waals surface area contributed by atoms with Crippen LogP contribution in [0.15, 0.2) is 0 Å². The summed E-state index contributed by atoms with van der Waals surface area (Å²) < 4.78 is 0. The Morgan fingerprint density at radius 1 is 1.56 bits per heavy atom. The number of nitrogens with one attached hydrogen (secondary N) is 1. The van der Waals surface area contributed by atoms with Gasteiger partial charge in [-0.25, -0.2) is 0 Å². The molecule has 0 aliphatic carbocycles. The van der Waals surface area contributed by atoms with E-state index in [4.69, 9.17) is 5.73 Å². The number of carbonyl (C=O) groups excluding carboxylic acids is 2. The molecule has 4 heteroatoms. The molecule has 0 bridgehead atoms. The summed E-state index contributed by atoms with van der Waals surface area (Å²) in [6, 6.07) is -0.567. The monoisotopic (exact) mass is 130 g/mol. The van der Waals surface area contributed by atoms with E-state index in [0.29, 0.717) is 0 Å². The van der Waals surface area contributed by atoms with Crippen molar-refractivity contribution in [3.63, 3.8) is 0 Å². The van der Waals surface area contributed by atoms with Crippen molar-refractivity contribution in [2.45, 2.75) is 19.9 Å². The smallest absolute Gasteiger partial charge is 0.239 e. The van der Waals surface area contributed by atoms with Crippen LogP contribution in [0.4, 0.5) is 0 Å². The van der Waals surface area contributed by atoms with Gasteiger partial charge in [-0.3, -0.25) is 9.59 Å². The number of carbonyl (C=O) groups is 2. The third-order valence-electron chi connectivity index (χ3n) is 0.847. The summed E-state index contributed by atoms with van der Waals surface area (Å²) in [5.74, 6) is -0.772. The normalized spacial score (nSPS) is 12.2. The Kier molecular flexibility index (Phi) is 2.70. The van der Waals surface area contributed by atoms with Crippen LogP contribution >= 0.6 is 0 Å². The highest BCUT2D eigenvalue weighted by Crippen LogP contribution is 1.76. The fourth-order valence-electron chi connectivity index (χ4n) is 0.376. The summed E-state index contributed by atoms with van der Waals surface area (Å²) in [7, 11) is 0. The first-order valence-electron chi connectivity index (χ1n) is 2.60. The van der Waals surface area contributed by atoms with Crippen molar-refractivity contribution in [2.75, 3.05) is 0 Å². The third-order valence-corrected chi connectivity index (χ3v) is 0.847. The molecule has 0 heterocycles. The number of hydrogen-bond donors (Lipinski definition) is 2. The fraction of sp³-hybridized carbons (Fsp3) is 0.600. The van der Waals surface area contributed by atoms with Crippen molar-refractivity contribution >= 4 is 11.8 Å². The molecule has 0 aliphatic rings. The van der Waals surface area contributed by atoms with Crippen LogP contribution in [-0.2, 0) is 9.59 Å². The van der Waals surface area contributed by atoms with Crippen LogP contribution in [-0.4, -0.2) is 17.9 Å². The van der Waals surface area contributed by atoms with Gasteiger partial charge >= 0.3 is 0 Å². The minimum atomic E-state index is -0.567. The van der Waals surface area contributed by atoms with Gasteiger partial charge in [0.25, 0.3) is 0 Å². The molecule has 0 aromatic rings. The Labute approximate surface area is 53.4 Å². The van der Waals surface area contributed by atoms with Crippen LogP contribution in [0.25, 0.3) is 0 Å². The summed E-state index contributed by atoms with van der Waals surface area (Å²) in [6.07, 6.45) is 0. The van der Waals surface area contributed by atoms with E-state index in [1.807, 2.05) is 0 Å². The molecule has 0 aromatic carbocycles. The van der Waals surface area contributed by atoms with Gasteiger partial charge < -0.3 is 11.1 Å². The topological polar surface area (TPSA) is 72.2 Å². The van der Waals surface area contributed by atoms with Gasteiger partial charge in [0, 0.05) is 6.92 Å². The Hall–Kier alpha value is -1.06. The predicted octanol–water partition coefficient (Wildman–Crippen LogP) is -1.00. The summed E-state index contributed by atoms with van der Waals surface area (Å²) in [5, 5.41) is 2.33. The highest BCUT2D eigenvalue weighted by atomic mass is 16.2. The number of amides is 2. The largest absolute Gasteiger partial charge is 0.368 e. The van der Waals surface area contributed by atoms with E-state index in [1.54, 1.807) is 0 Å². The highest BCUT2D eigenvalue weighted by Gasteiger charge is 2.07. The standard InChI is InChI=1S/C5H10N2O2/c1-3(5(6)9)7-4(2)8/h3H,1-2H3,(H2,6,9)(H,7,8). The SMILES string of the molecule is CC(=O)NC(C)C(N)=O. The second-order valence-electron chi connectivity index (χ2n) is 1.82. The van der Waals surface area contributed by atoms with Gasteiger partial charge in [0.05, 0.1) is 0 Å². The summed E-state index contributed by atoms with van der Waals surface area (Å²) in [4.78, 5) is 20.5. The van der Waals surface area contributed by atoms with Crippen molar-refractivity contribution < 1.29 is 9.59 Å². The predicted molar refractivity (Wildman–Crippen MR) is 32.5 cm³/mol. The maximum atomic E-state index is 10.2. The van der Waals surface area contributed by atoms with Gasteiger partial charge in [-0.05, 0) is 6.92 Å². The average molecular weight is 130 g/mol. The van der Waals surface area contributed by atoms with Crippen LogP contribution in [0.3, 0.4) is 0 Å².